The van der Waals surface area contributed by atoms with Gasteiger partial charge in [-0.1, -0.05) is 0 Å². The van der Waals surface area contributed by atoms with E-state index in [-0.39, 0.29) is 37.1 Å². The van der Waals surface area contributed by atoms with Gasteiger partial charge in [0.25, 0.3) is 17.2 Å². The van der Waals surface area contributed by atoms with Gasteiger partial charge in [-0.05, 0) is 6.92 Å². The molecule has 0 radical (unpaired) electrons. The van der Waals surface area contributed by atoms with Crippen LogP contribution in [0.5, 0.6) is 0 Å². The number of carbonyl (C=O) groups excluding carboxylic acids is 1. The van der Waals surface area contributed by atoms with Crippen molar-refractivity contribution in [3.63, 3.8) is 0 Å². The lowest BCUT2D eigenvalue weighted by atomic mass is 10.1. The molecule has 1 saturated heterocycles. The van der Waals surface area contributed by atoms with E-state index in [1.165, 1.54) is 4.90 Å². The molecule has 2 atom stereocenters. The van der Waals surface area contributed by atoms with Crippen LogP contribution in [0, 0.1) is 10.1 Å². The maximum Gasteiger partial charge on any atom is 0.286 e. The molecule has 1 aromatic heterocycles. The Bertz CT molecular complexity index is 613. The van der Waals surface area contributed by atoms with Crippen LogP contribution in [0.2, 0.25) is 0 Å². The van der Waals surface area contributed by atoms with Crippen molar-refractivity contribution in [3.05, 3.63) is 38.3 Å². The van der Waals surface area contributed by atoms with Crippen molar-refractivity contribution in [2.24, 2.45) is 0 Å². The Morgan fingerprint density at radius 3 is 3.00 bits per heavy atom. The van der Waals surface area contributed by atoms with E-state index in [2.05, 4.69) is 4.98 Å². The third-order valence-electron chi connectivity index (χ3n) is 3.30. The van der Waals surface area contributed by atoms with Gasteiger partial charge in [0.1, 0.15) is 5.56 Å². The maximum atomic E-state index is 12.4. The molecule has 21 heavy (non-hydrogen) atoms. The molecular weight excluding hydrogens is 282 g/mol. The molecule has 1 aliphatic heterocycles. The van der Waals surface area contributed by atoms with Gasteiger partial charge >= 0.3 is 0 Å². The monoisotopic (exact) mass is 297 g/mol. The first-order valence-electron chi connectivity index (χ1n) is 6.34. The van der Waals surface area contributed by atoms with Crippen molar-refractivity contribution < 1.29 is 19.6 Å². The number of hydrogen-bond acceptors (Lipinski definition) is 6. The predicted octanol–water partition coefficient (Wildman–Crippen LogP) is -0.495. The van der Waals surface area contributed by atoms with E-state index in [0.29, 0.717) is 0 Å². The van der Waals surface area contributed by atoms with Crippen LogP contribution in [0.4, 0.5) is 5.69 Å². The lowest BCUT2D eigenvalue weighted by Gasteiger charge is -2.37. The molecular formula is C12H15N3O6. The summed E-state index contributed by atoms with van der Waals surface area (Å²) in [5.74, 6) is -0.616. The van der Waals surface area contributed by atoms with E-state index < -0.39 is 22.5 Å². The molecule has 1 fully saturated rings. The molecule has 9 heteroatoms. The maximum absolute atomic E-state index is 12.4. The Morgan fingerprint density at radius 2 is 2.38 bits per heavy atom. The van der Waals surface area contributed by atoms with Gasteiger partial charge in [-0.2, -0.15) is 0 Å². The molecule has 114 valence electrons. The highest BCUT2D eigenvalue weighted by molar-refractivity contribution is 5.94. The fourth-order valence-corrected chi connectivity index (χ4v) is 2.10. The van der Waals surface area contributed by atoms with Crippen molar-refractivity contribution in [2.45, 2.75) is 19.1 Å². The Balaban J connectivity index is 2.32. The number of ether oxygens (including phenoxy) is 1. The van der Waals surface area contributed by atoms with Crippen LogP contribution in [0.25, 0.3) is 0 Å². The molecule has 0 saturated carbocycles. The van der Waals surface area contributed by atoms with Crippen LogP contribution in [0.1, 0.15) is 17.3 Å². The Kier molecular flexibility index (Phi) is 4.34. The molecule has 0 spiro atoms. The average Bonchev–Trinajstić information content (AvgIpc) is 2.47. The average molecular weight is 297 g/mol. The second-order valence-corrected chi connectivity index (χ2v) is 4.80. The molecule has 1 aliphatic rings. The molecule has 2 rings (SSSR count). The van der Waals surface area contributed by atoms with Crippen molar-refractivity contribution in [2.75, 3.05) is 19.8 Å². The van der Waals surface area contributed by atoms with E-state index >= 15 is 0 Å². The van der Waals surface area contributed by atoms with E-state index in [1.54, 1.807) is 6.92 Å². The number of pyridine rings is 1. The fourth-order valence-electron chi connectivity index (χ4n) is 2.10. The highest BCUT2D eigenvalue weighted by Gasteiger charge is 2.31. The lowest BCUT2D eigenvalue weighted by Crippen LogP contribution is -2.52. The molecule has 2 unspecified atom stereocenters. The van der Waals surface area contributed by atoms with Gasteiger partial charge in [0.2, 0.25) is 0 Å². The molecule has 9 nitrogen and oxygen atoms in total. The number of aliphatic hydroxyl groups excluding tert-OH is 1. The molecule has 0 aromatic carbocycles. The third-order valence-corrected chi connectivity index (χ3v) is 3.30. The van der Waals surface area contributed by atoms with Gasteiger partial charge in [0.05, 0.1) is 36.5 Å². The summed E-state index contributed by atoms with van der Waals surface area (Å²) < 4.78 is 5.31. The fraction of sp³-hybridized carbons (Fsp3) is 0.500. The van der Waals surface area contributed by atoms with Crippen LogP contribution in [0.15, 0.2) is 17.1 Å². The van der Waals surface area contributed by atoms with Crippen LogP contribution >= 0.6 is 0 Å². The number of H-pyrrole nitrogens is 1. The van der Waals surface area contributed by atoms with E-state index in [1.807, 2.05) is 0 Å². The quantitative estimate of drug-likeness (QED) is 0.572. The highest BCUT2D eigenvalue weighted by Crippen LogP contribution is 2.16. The summed E-state index contributed by atoms with van der Waals surface area (Å²) in [4.78, 5) is 37.7. The van der Waals surface area contributed by atoms with E-state index in [4.69, 9.17) is 9.84 Å². The number of aliphatic hydroxyl groups is 1. The summed E-state index contributed by atoms with van der Waals surface area (Å²) in [6.45, 7) is 1.83. The van der Waals surface area contributed by atoms with E-state index in [9.17, 15) is 19.7 Å². The Morgan fingerprint density at radius 1 is 1.67 bits per heavy atom. The topological polar surface area (TPSA) is 126 Å². The Hall–Kier alpha value is -2.26. The van der Waals surface area contributed by atoms with Crippen molar-refractivity contribution in [1.82, 2.24) is 9.88 Å². The van der Waals surface area contributed by atoms with Gasteiger partial charge in [-0.3, -0.25) is 19.7 Å². The normalized spacial score (nSPS) is 22.1. The minimum Gasteiger partial charge on any atom is -0.394 e. The number of nitro groups is 1. The first-order chi connectivity index (χ1) is 9.93. The van der Waals surface area contributed by atoms with Crippen molar-refractivity contribution in [1.29, 1.82) is 0 Å². The summed E-state index contributed by atoms with van der Waals surface area (Å²) in [6, 6.07) is 0.663. The SMILES string of the molecule is CC1COC(CO)CN1C(=O)c1cc([N+](=O)[O-])c[nH]c1=O. The lowest BCUT2D eigenvalue weighted by molar-refractivity contribution is -0.385. The minimum atomic E-state index is -0.690. The minimum absolute atomic E-state index is 0.124. The molecule has 0 bridgehead atoms. The number of nitrogens with one attached hydrogen (secondary N) is 1. The summed E-state index contributed by atoms with van der Waals surface area (Å²) >= 11 is 0. The zero-order chi connectivity index (χ0) is 15.6. The number of morpholine rings is 1. The number of aromatic amines is 1. The predicted molar refractivity (Wildman–Crippen MR) is 71.0 cm³/mol. The van der Waals surface area contributed by atoms with Crippen molar-refractivity contribution >= 4 is 11.6 Å². The number of hydrogen-bond donors (Lipinski definition) is 2. The number of rotatable bonds is 3. The smallest absolute Gasteiger partial charge is 0.286 e. The van der Waals surface area contributed by atoms with Gasteiger partial charge in [-0.25, -0.2) is 0 Å². The van der Waals surface area contributed by atoms with Crippen LogP contribution in [-0.4, -0.2) is 57.7 Å². The van der Waals surface area contributed by atoms with Gasteiger partial charge < -0.3 is 19.7 Å². The van der Waals surface area contributed by atoms with E-state index in [0.717, 1.165) is 12.3 Å². The third kappa shape index (κ3) is 3.09. The summed E-state index contributed by atoms with van der Waals surface area (Å²) in [7, 11) is 0. The van der Waals surface area contributed by atoms with Gasteiger partial charge in [-0.15, -0.1) is 0 Å². The second-order valence-electron chi connectivity index (χ2n) is 4.80. The largest absolute Gasteiger partial charge is 0.394 e. The van der Waals surface area contributed by atoms with Crippen LogP contribution in [0.3, 0.4) is 0 Å². The Labute approximate surface area is 119 Å². The number of aromatic nitrogens is 1. The summed E-state index contributed by atoms with van der Waals surface area (Å²) in [6.07, 6.45) is 0.418. The van der Waals surface area contributed by atoms with Gasteiger partial charge in [0, 0.05) is 12.6 Å². The molecule has 1 aromatic rings. The van der Waals surface area contributed by atoms with Gasteiger partial charge in [0.15, 0.2) is 0 Å². The zero-order valence-electron chi connectivity index (χ0n) is 11.3. The van der Waals surface area contributed by atoms with Crippen LogP contribution in [-0.2, 0) is 4.74 Å². The summed E-state index contributed by atoms with van der Waals surface area (Å²) in [5.41, 5.74) is -1.35. The second kappa shape index (κ2) is 6.02. The molecule has 2 N–H and O–H groups in total. The highest BCUT2D eigenvalue weighted by atomic mass is 16.6. The van der Waals surface area contributed by atoms with Crippen molar-refractivity contribution in [3.8, 4) is 0 Å². The number of nitrogens with zero attached hydrogens (tertiary/aromatic N) is 2. The first kappa shape index (κ1) is 15.1. The van der Waals surface area contributed by atoms with Crippen LogP contribution < -0.4 is 5.56 Å². The molecule has 2 heterocycles. The molecule has 0 aliphatic carbocycles. The molecule has 1 amide bonds. The number of carbonyl (C=O) groups is 1. The summed E-state index contributed by atoms with van der Waals surface area (Å²) in [5, 5.41) is 19.8. The number of amides is 1. The standard InChI is InChI=1S/C12H15N3O6/c1-7-6-21-9(5-16)4-14(7)12(18)10-2-8(15(19)20)3-13-11(10)17/h2-3,7,9,16H,4-6H2,1H3,(H,13,17). The first-order valence-corrected chi connectivity index (χ1v) is 6.34. The zero-order valence-corrected chi connectivity index (χ0v) is 11.3.